The monoisotopic (exact) mass is 212 g/mol. The van der Waals surface area contributed by atoms with Crippen LogP contribution in [0.3, 0.4) is 0 Å². The summed E-state index contributed by atoms with van der Waals surface area (Å²) in [6.07, 6.45) is 0. The molecule has 0 bridgehead atoms. The van der Waals surface area contributed by atoms with E-state index < -0.39 is 0 Å². The summed E-state index contributed by atoms with van der Waals surface area (Å²) >= 11 is 0. The Bertz CT molecular complexity index is 309. The molecule has 2 heterocycles. The van der Waals surface area contributed by atoms with Crippen LogP contribution in [0.1, 0.15) is 0 Å². The number of urea groups is 1. The Kier molecular flexibility index (Phi) is 2.82. The lowest BCUT2D eigenvalue weighted by molar-refractivity contribution is -0.128. The molecule has 0 saturated carbocycles. The first-order valence-corrected chi connectivity index (χ1v) is 4.75. The van der Waals surface area contributed by atoms with E-state index in [0.717, 1.165) is 0 Å². The Hall–Kier alpha value is -1.63. The van der Waals surface area contributed by atoms with E-state index >= 15 is 0 Å². The maximum atomic E-state index is 11.8. The Morgan fingerprint density at radius 1 is 1.40 bits per heavy atom. The number of hydrogen-bond donors (Lipinski definition) is 2. The van der Waals surface area contributed by atoms with Gasteiger partial charge in [-0.15, -0.1) is 0 Å². The molecule has 3 amide bonds. The third kappa shape index (κ3) is 2.24. The summed E-state index contributed by atoms with van der Waals surface area (Å²) in [5, 5.41) is 6.20. The van der Waals surface area contributed by atoms with Gasteiger partial charge in [0, 0.05) is 13.1 Å². The number of nitrogens with one attached hydrogen (secondary N) is 2. The molecule has 0 unspecified atom stereocenters. The second kappa shape index (κ2) is 4.26. The van der Waals surface area contributed by atoms with Crippen molar-refractivity contribution in [3.8, 4) is 0 Å². The third-order valence-corrected chi connectivity index (χ3v) is 2.25. The standard InChI is InChI=1S/C8H12N4O3/c13-7(12-1-3-15-4-2-12)6-5-9-8(14)11-10-6/h1-5H2,(H2,9,11,14). The Labute approximate surface area is 86.4 Å². The quantitative estimate of drug-likeness (QED) is 0.555. The van der Waals surface area contributed by atoms with Crippen molar-refractivity contribution in [3.63, 3.8) is 0 Å². The van der Waals surface area contributed by atoms with Crippen molar-refractivity contribution in [2.24, 2.45) is 5.10 Å². The van der Waals surface area contributed by atoms with E-state index in [2.05, 4.69) is 15.8 Å². The highest BCUT2D eigenvalue weighted by Crippen LogP contribution is 1.99. The van der Waals surface area contributed by atoms with Gasteiger partial charge < -0.3 is 15.0 Å². The van der Waals surface area contributed by atoms with Gasteiger partial charge in [-0.05, 0) is 0 Å². The van der Waals surface area contributed by atoms with Crippen LogP contribution in [0.2, 0.25) is 0 Å². The van der Waals surface area contributed by atoms with Crippen LogP contribution in [0, 0.1) is 0 Å². The molecule has 0 aromatic heterocycles. The van der Waals surface area contributed by atoms with E-state index in [9.17, 15) is 9.59 Å². The first-order chi connectivity index (χ1) is 7.27. The molecular weight excluding hydrogens is 200 g/mol. The van der Waals surface area contributed by atoms with Crippen molar-refractivity contribution in [3.05, 3.63) is 0 Å². The third-order valence-electron chi connectivity index (χ3n) is 2.25. The number of nitrogens with zero attached hydrogens (tertiary/aromatic N) is 2. The maximum Gasteiger partial charge on any atom is 0.335 e. The summed E-state index contributed by atoms with van der Waals surface area (Å²) in [6.45, 7) is 2.44. The first kappa shape index (κ1) is 9.91. The number of morpholine rings is 1. The lowest BCUT2D eigenvalue weighted by atomic mass is 10.3. The van der Waals surface area contributed by atoms with Gasteiger partial charge in [0.1, 0.15) is 5.71 Å². The number of carbonyl (C=O) groups excluding carboxylic acids is 2. The fraction of sp³-hybridized carbons (Fsp3) is 0.625. The molecule has 0 aliphatic carbocycles. The lowest BCUT2D eigenvalue weighted by Crippen LogP contribution is -2.51. The summed E-state index contributed by atoms with van der Waals surface area (Å²) in [5.41, 5.74) is 2.54. The van der Waals surface area contributed by atoms with Crippen molar-refractivity contribution >= 4 is 17.6 Å². The molecule has 1 fully saturated rings. The van der Waals surface area contributed by atoms with Gasteiger partial charge in [0.15, 0.2) is 0 Å². The Morgan fingerprint density at radius 2 is 2.13 bits per heavy atom. The van der Waals surface area contributed by atoms with Crippen LogP contribution < -0.4 is 10.7 Å². The average molecular weight is 212 g/mol. The molecule has 2 N–H and O–H groups in total. The van der Waals surface area contributed by atoms with Crippen molar-refractivity contribution in [1.82, 2.24) is 15.6 Å². The molecule has 15 heavy (non-hydrogen) atoms. The van der Waals surface area contributed by atoms with Gasteiger partial charge in [0.25, 0.3) is 5.91 Å². The lowest BCUT2D eigenvalue weighted by Gasteiger charge is -2.27. The number of hydrazone groups is 1. The molecule has 2 aliphatic rings. The fourth-order valence-electron chi connectivity index (χ4n) is 1.43. The average Bonchev–Trinajstić information content (AvgIpc) is 2.30. The van der Waals surface area contributed by atoms with Crippen LogP contribution in [-0.2, 0) is 9.53 Å². The molecule has 2 aliphatic heterocycles. The van der Waals surface area contributed by atoms with Crippen molar-refractivity contribution in [2.45, 2.75) is 0 Å². The summed E-state index contributed by atoms with van der Waals surface area (Å²) < 4.78 is 5.14. The smallest absolute Gasteiger partial charge is 0.335 e. The number of hydrogen-bond acceptors (Lipinski definition) is 4. The summed E-state index contributed by atoms with van der Waals surface area (Å²) in [4.78, 5) is 24.2. The highest BCUT2D eigenvalue weighted by atomic mass is 16.5. The minimum Gasteiger partial charge on any atom is -0.378 e. The molecular formula is C8H12N4O3. The molecule has 0 aromatic carbocycles. The number of carbonyl (C=O) groups is 2. The molecule has 2 rings (SSSR count). The van der Waals surface area contributed by atoms with E-state index in [4.69, 9.17) is 4.74 Å². The Morgan fingerprint density at radius 3 is 2.73 bits per heavy atom. The zero-order chi connectivity index (χ0) is 10.7. The highest BCUT2D eigenvalue weighted by molar-refractivity contribution is 6.40. The van der Waals surface area contributed by atoms with E-state index in [0.29, 0.717) is 32.0 Å². The zero-order valence-corrected chi connectivity index (χ0v) is 8.15. The van der Waals surface area contributed by atoms with E-state index in [1.807, 2.05) is 0 Å². The molecule has 7 heteroatoms. The predicted octanol–water partition coefficient (Wildman–Crippen LogP) is -1.49. The van der Waals surface area contributed by atoms with Gasteiger partial charge in [-0.3, -0.25) is 4.79 Å². The fourth-order valence-corrected chi connectivity index (χ4v) is 1.43. The largest absolute Gasteiger partial charge is 0.378 e. The molecule has 1 saturated heterocycles. The second-order valence-corrected chi connectivity index (χ2v) is 3.26. The predicted molar refractivity (Wildman–Crippen MR) is 51.4 cm³/mol. The van der Waals surface area contributed by atoms with Gasteiger partial charge in [-0.25, -0.2) is 10.2 Å². The van der Waals surface area contributed by atoms with Crippen LogP contribution in [0.5, 0.6) is 0 Å². The van der Waals surface area contributed by atoms with E-state index in [1.165, 1.54) is 0 Å². The van der Waals surface area contributed by atoms with Crippen molar-refractivity contribution < 1.29 is 14.3 Å². The number of ether oxygens (including phenoxy) is 1. The molecule has 0 spiro atoms. The van der Waals surface area contributed by atoms with Gasteiger partial charge >= 0.3 is 6.03 Å². The molecule has 7 nitrogen and oxygen atoms in total. The molecule has 0 atom stereocenters. The SMILES string of the molecule is O=C1NCC(C(=O)N2CCOCC2)=NN1. The highest BCUT2D eigenvalue weighted by Gasteiger charge is 2.24. The van der Waals surface area contributed by atoms with Gasteiger partial charge in [-0.2, -0.15) is 5.10 Å². The van der Waals surface area contributed by atoms with Crippen LogP contribution in [-0.4, -0.2) is 55.4 Å². The first-order valence-electron chi connectivity index (χ1n) is 4.75. The van der Waals surface area contributed by atoms with Gasteiger partial charge in [-0.1, -0.05) is 0 Å². The minimum atomic E-state index is -0.381. The van der Waals surface area contributed by atoms with Crippen LogP contribution in [0.15, 0.2) is 5.10 Å². The van der Waals surface area contributed by atoms with Crippen LogP contribution in [0.25, 0.3) is 0 Å². The molecule has 82 valence electrons. The second-order valence-electron chi connectivity index (χ2n) is 3.26. The normalized spacial score (nSPS) is 21.5. The van der Waals surface area contributed by atoms with E-state index in [-0.39, 0.29) is 18.5 Å². The van der Waals surface area contributed by atoms with Gasteiger partial charge in [0.05, 0.1) is 19.8 Å². The zero-order valence-electron chi connectivity index (χ0n) is 8.15. The molecule has 0 aromatic rings. The Balaban J connectivity index is 1.97. The minimum absolute atomic E-state index is 0.147. The van der Waals surface area contributed by atoms with Crippen LogP contribution >= 0.6 is 0 Å². The van der Waals surface area contributed by atoms with Crippen molar-refractivity contribution in [1.29, 1.82) is 0 Å². The summed E-state index contributed by atoms with van der Waals surface area (Å²) in [5.74, 6) is -0.147. The summed E-state index contributed by atoms with van der Waals surface area (Å²) in [6, 6.07) is -0.381. The van der Waals surface area contributed by atoms with Crippen molar-refractivity contribution in [2.75, 3.05) is 32.8 Å². The van der Waals surface area contributed by atoms with Gasteiger partial charge in [0.2, 0.25) is 0 Å². The number of amides is 3. The summed E-state index contributed by atoms with van der Waals surface area (Å²) in [7, 11) is 0. The molecule has 0 radical (unpaired) electrons. The topological polar surface area (TPSA) is 83.0 Å². The van der Waals surface area contributed by atoms with E-state index in [1.54, 1.807) is 4.90 Å². The van der Waals surface area contributed by atoms with Crippen LogP contribution in [0.4, 0.5) is 4.79 Å². The number of rotatable bonds is 1. The maximum absolute atomic E-state index is 11.8.